The van der Waals surface area contributed by atoms with E-state index >= 15 is 0 Å². The molecule has 34 heavy (non-hydrogen) atoms. The summed E-state index contributed by atoms with van der Waals surface area (Å²) in [5.74, 6) is 0.00289. The van der Waals surface area contributed by atoms with Gasteiger partial charge >= 0.3 is 0 Å². The van der Waals surface area contributed by atoms with Gasteiger partial charge in [-0.1, -0.05) is 6.07 Å². The molecule has 1 aliphatic rings. The number of nitrogens with two attached hydrogens (primary N) is 1. The summed E-state index contributed by atoms with van der Waals surface area (Å²) < 4.78 is 10.6. The Morgan fingerprint density at radius 3 is 2.68 bits per heavy atom. The number of nitrogens with one attached hydrogen (secondary N) is 1. The van der Waals surface area contributed by atoms with E-state index in [-0.39, 0.29) is 12.5 Å². The number of amides is 2. The Hall–Kier alpha value is -4.07. The van der Waals surface area contributed by atoms with Gasteiger partial charge in [-0.05, 0) is 61.2 Å². The maximum absolute atomic E-state index is 12.7. The third kappa shape index (κ3) is 5.46. The zero-order valence-electron chi connectivity index (χ0n) is 19.1. The van der Waals surface area contributed by atoms with Crippen LogP contribution in [0.1, 0.15) is 24.8 Å². The Morgan fingerprint density at radius 2 is 1.91 bits per heavy atom. The highest BCUT2D eigenvalue weighted by atomic mass is 16.5. The van der Waals surface area contributed by atoms with Crippen LogP contribution in [0.5, 0.6) is 11.5 Å². The van der Waals surface area contributed by atoms with Gasteiger partial charge in [0.05, 0.1) is 12.8 Å². The average Bonchev–Trinajstić information content (AvgIpc) is 2.87. The molecule has 0 aliphatic carbocycles. The fourth-order valence-corrected chi connectivity index (χ4v) is 4.10. The van der Waals surface area contributed by atoms with Gasteiger partial charge in [0.15, 0.2) is 18.1 Å². The van der Waals surface area contributed by atoms with Crippen molar-refractivity contribution in [1.29, 1.82) is 0 Å². The minimum Gasteiger partial charge on any atom is -0.493 e. The lowest BCUT2D eigenvalue weighted by molar-refractivity contribution is -0.120. The number of benzene rings is 2. The summed E-state index contributed by atoms with van der Waals surface area (Å²) in [5, 5.41) is 4.95. The molecule has 1 saturated heterocycles. The number of methoxy groups -OCH3 is 1. The molecule has 1 fully saturated rings. The van der Waals surface area contributed by atoms with Gasteiger partial charge in [0.25, 0.3) is 5.91 Å². The van der Waals surface area contributed by atoms with Gasteiger partial charge in [0.2, 0.25) is 5.91 Å². The first kappa shape index (κ1) is 23.1. The van der Waals surface area contributed by atoms with Gasteiger partial charge in [-0.15, -0.1) is 0 Å². The van der Waals surface area contributed by atoms with Crippen molar-refractivity contribution in [3.05, 3.63) is 60.4 Å². The molecule has 0 spiro atoms. The number of carbonyl (C=O) groups is 2. The molecule has 2 heterocycles. The van der Waals surface area contributed by atoms with Gasteiger partial charge in [-0.25, -0.2) is 0 Å². The number of rotatable bonds is 8. The van der Waals surface area contributed by atoms with Crippen molar-refractivity contribution in [2.24, 2.45) is 5.73 Å². The number of carbonyl (C=O) groups excluding carboxylic acids is 2. The zero-order chi connectivity index (χ0) is 23.9. The highest BCUT2D eigenvalue weighted by Gasteiger charge is 2.15. The van der Waals surface area contributed by atoms with Gasteiger partial charge in [-0.3, -0.25) is 14.6 Å². The highest BCUT2D eigenvalue weighted by molar-refractivity contribution is 6.10. The Bertz CT molecular complexity index is 1220. The minimum absolute atomic E-state index is 0.243. The van der Waals surface area contributed by atoms with E-state index in [1.807, 2.05) is 12.1 Å². The van der Waals surface area contributed by atoms with Crippen molar-refractivity contribution >= 4 is 40.0 Å². The number of anilines is 2. The van der Waals surface area contributed by atoms with Gasteiger partial charge in [0.1, 0.15) is 0 Å². The predicted octanol–water partition coefficient (Wildman–Crippen LogP) is 3.75. The Labute approximate surface area is 198 Å². The second-order valence-electron chi connectivity index (χ2n) is 8.09. The molecule has 0 atom stereocenters. The van der Waals surface area contributed by atoms with Crippen LogP contribution in [-0.2, 0) is 9.59 Å². The van der Waals surface area contributed by atoms with E-state index in [0.717, 1.165) is 29.4 Å². The lowest BCUT2D eigenvalue weighted by atomic mass is 10.1. The van der Waals surface area contributed by atoms with E-state index in [0.29, 0.717) is 17.2 Å². The number of ether oxygens (including phenoxy) is 2. The molecule has 0 bridgehead atoms. The van der Waals surface area contributed by atoms with Crippen molar-refractivity contribution < 1.29 is 19.1 Å². The highest BCUT2D eigenvalue weighted by Crippen LogP contribution is 2.33. The van der Waals surface area contributed by atoms with Crippen LogP contribution in [0.4, 0.5) is 11.4 Å². The largest absolute Gasteiger partial charge is 0.493 e. The number of pyridine rings is 1. The Morgan fingerprint density at radius 1 is 1.09 bits per heavy atom. The van der Waals surface area contributed by atoms with Crippen LogP contribution in [-0.4, -0.2) is 43.6 Å². The predicted molar refractivity (Wildman–Crippen MR) is 133 cm³/mol. The molecule has 3 N–H and O–H groups in total. The monoisotopic (exact) mass is 460 g/mol. The van der Waals surface area contributed by atoms with Crippen molar-refractivity contribution in [3.63, 3.8) is 0 Å². The first-order valence-electron chi connectivity index (χ1n) is 11.2. The van der Waals surface area contributed by atoms with Crippen molar-refractivity contribution in [2.45, 2.75) is 19.3 Å². The molecular weight excluding hydrogens is 432 g/mol. The average molecular weight is 461 g/mol. The number of hydrogen-bond donors (Lipinski definition) is 2. The van der Waals surface area contributed by atoms with Crippen LogP contribution in [0.15, 0.2) is 54.9 Å². The quantitative estimate of drug-likeness (QED) is 0.496. The van der Waals surface area contributed by atoms with Crippen molar-refractivity contribution in [1.82, 2.24) is 4.98 Å². The number of fused-ring (bicyclic) bond motifs is 1. The fraction of sp³-hybridized carbons (Fsp3) is 0.269. The number of hydrogen-bond acceptors (Lipinski definition) is 6. The van der Waals surface area contributed by atoms with Gasteiger partial charge in [0, 0.05) is 48.0 Å². The third-order valence-corrected chi connectivity index (χ3v) is 5.73. The minimum atomic E-state index is -0.575. The van der Waals surface area contributed by atoms with Crippen LogP contribution in [0.25, 0.3) is 16.8 Å². The first-order valence-corrected chi connectivity index (χ1v) is 11.2. The van der Waals surface area contributed by atoms with Gasteiger partial charge in [-0.2, -0.15) is 0 Å². The molecule has 0 radical (unpaired) electrons. The molecular formula is C26H28N4O4. The van der Waals surface area contributed by atoms with E-state index in [1.54, 1.807) is 36.7 Å². The molecule has 2 amide bonds. The van der Waals surface area contributed by atoms with E-state index in [2.05, 4.69) is 21.3 Å². The van der Waals surface area contributed by atoms with Crippen molar-refractivity contribution in [2.75, 3.05) is 37.0 Å². The fourth-order valence-electron chi connectivity index (χ4n) is 4.10. The number of nitrogens with zero attached hydrogens (tertiary/aromatic N) is 2. The van der Waals surface area contributed by atoms with Crippen LogP contribution >= 0.6 is 0 Å². The summed E-state index contributed by atoms with van der Waals surface area (Å²) in [7, 11) is 1.50. The maximum Gasteiger partial charge on any atom is 0.255 e. The number of primary amides is 1. The molecule has 176 valence electrons. The van der Waals surface area contributed by atoms with Crippen LogP contribution < -0.4 is 25.4 Å². The summed E-state index contributed by atoms with van der Waals surface area (Å²) in [6.07, 6.45) is 10.4. The lowest BCUT2D eigenvalue weighted by Gasteiger charge is -2.30. The SMILES string of the molecule is COc1cc(/C=C/C(=O)Nc2ccc(N3CCCCC3)c3ccncc23)ccc1OCC(N)=O. The number of piperidine rings is 1. The first-order chi connectivity index (χ1) is 16.5. The molecule has 8 heteroatoms. The second kappa shape index (κ2) is 10.7. The molecule has 1 aliphatic heterocycles. The summed E-state index contributed by atoms with van der Waals surface area (Å²) in [5.41, 5.74) is 7.75. The smallest absolute Gasteiger partial charge is 0.255 e. The van der Waals surface area contributed by atoms with E-state index in [1.165, 1.54) is 38.1 Å². The number of aromatic nitrogens is 1. The Kier molecular flexibility index (Phi) is 7.27. The molecule has 1 aromatic heterocycles. The maximum atomic E-state index is 12.7. The second-order valence-corrected chi connectivity index (χ2v) is 8.09. The standard InChI is InChI=1S/C26H28N4O4/c1-33-24-15-18(5-9-23(24)34-17-25(27)31)6-10-26(32)29-21-7-8-22(30-13-3-2-4-14-30)19-11-12-28-16-20(19)21/h5-12,15-16H,2-4,13-14,17H2,1H3,(H2,27,31)(H,29,32)/b10-6+. The van der Waals surface area contributed by atoms with E-state index < -0.39 is 5.91 Å². The van der Waals surface area contributed by atoms with E-state index in [9.17, 15) is 9.59 Å². The van der Waals surface area contributed by atoms with Crippen LogP contribution in [0.3, 0.4) is 0 Å². The zero-order valence-corrected chi connectivity index (χ0v) is 19.1. The molecule has 3 aromatic rings. The molecule has 8 nitrogen and oxygen atoms in total. The van der Waals surface area contributed by atoms with Crippen LogP contribution in [0, 0.1) is 0 Å². The van der Waals surface area contributed by atoms with E-state index in [4.69, 9.17) is 15.2 Å². The Balaban J connectivity index is 1.50. The molecule has 0 saturated carbocycles. The molecule has 0 unspecified atom stereocenters. The normalized spacial score (nSPS) is 13.7. The molecule has 4 rings (SSSR count). The summed E-state index contributed by atoms with van der Waals surface area (Å²) in [4.78, 5) is 30.3. The summed E-state index contributed by atoms with van der Waals surface area (Å²) in [6.45, 7) is 1.84. The summed E-state index contributed by atoms with van der Waals surface area (Å²) >= 11 is 0. The van der Waals surface area contributed by atoms with Crippen molar-refractivity contribution in [3.8, 4) is 11.5 Å². The third-order valence-electron chi connectivity index (χ3n) is 5.73. The summed E-state index contributed by atoms with van der Waals surface area (Å²) in [6, 6.07) is 11.1. The topological polar surface area (TPSA) is 107 Å². The molecule has 2 aromatic carbocycles. The lowest BCUT2D eigenvalue weighted by Crippen LogP contribution is -2.29. The van der Waals surface area contributed by atoms with Crippen LogP contribution in [0.2, 0.25) is 0 Å². The van der Waals surface area contributed by atoms with Gasteiger partial charge < -0.3 is 25.4 Å².